The number of hydrogen-bond donors (Lipinski definition) is 2. The van der Waals surface area contributed by atoms with Gasteiger partial charge in [0, 0.05) is 34.7 Å². The summed E-state index contributed by atoms with van der Waals surface area (Å²) >= 11 is 1.21. The lowest BCUT2D eigenvalue weighted by molar-refractivity contribution is -0.384. The van der Waals surface area contributed by atoms with Crippen molar-refractivity contribution >= 4 is 58.5 Å². The molecule has 4 aromatic carbocycles. The minimum Gasteiger partial charge on any atom is -0.321 e. The molecule has 0 aliphatic carbocycles. The van der Waals surface area contributed by atoms with E-state index in [1.807, 2.05) is 31.2 Å². The normalized spacial score (nSPS) is 14.8. The topological polar surface area (TPSA) is 139 Å². The second kappa shape index (κ2) is 13.2. The lowest BCUT2D eigenvalue weighted by Crippen LogP contribution is -2.31. The second-order valence-corrected chi connectivity index (χ2v) is 11.2. The second-order valence-electron chi connectivity index (χ2n) is 9.92. The number of hydrogen-bond acceptors (Lipinski definition) is 7. The van der Waals surface area contributed by atoms with E-state index in [1.165, 1.54) is 36.0 Å². The van der Waals surface area contributed by atoms with Crippen LogP contribution in [-0.2, 0) is 14.4 Å². The number of thioether (sulfide) groups is 1. The number of nitro benzene ring substituents is 1. The summed E-state index contributed by atoms with van der Waals surface area (Å²) in [5.41, 5.74) is 2.86. The van der Waals surface area contributed by atoms with E-state index >= 15 is 0 Å². The van der Waals surface area contributed by atoms with Gasteiger partial charge in [0.25, 0.3) is 17.5 Å². The lowest BCUT2D eigenvalue weighted by atomic mass is 10.1. The lowest BCUT2D eigenvalue weighted by Gasteiger charge is -2.15. The van der Waals surface area contributed by atoms with Crippen molar-refractivity contribution in [2.75, 3.05) is 10.2 Å². The summed E-state index contributed by atoms with van der Waals surface area (Å²) in [6, 6.07) is 28.1. The van der Waals surface area contributed by atoms with Gasteiger partial charge in [-0.3, -0.25) is 29.3 Å². The fourth-order valence-corrected chi connectivity index (χ4v) is 5.50. The number of imide groups is 1. The zero-order valence-corrected chi connectivity index (χ0v) is 24.2. The minimum atomic E-state index is -0.671. The Morgan fingerprint density at radius 3 is 2.20 bits per heavy atom. The Kier molecular flexibility index (Phi) is 8.96. The Balaban J connectivity index is 1.26. The van der Waals surface area contributed by atoms with Crippen molar-refractivity contribution in [3.8, 4) is 0 Å². The summed E-state index contributed by atoms with van der Waals surface area (Å²) in [6.45, 7) is 1.95. The van der Waals surface area contributed by atoms with Crippen molar-refractivity contribution in [2.24, 2.45) is 0 Å². The third kappa shape index (κ3) is 7.08. The Morgan fingerprint density at radius 1 is 0.909 bits per heavy atom. The molecule has 2 N–H and O–H groups in total. The van der Waals surface area contributed by atoms with Crippen LogP contribution >= 0.6 is 11.8 Å². The summed E-state index contributed by atoms with van der Waals surface area (Å²) in [5, 5.41) is 15.8. The summed E-state index contributed by atoms with van der Waals surface area (Å²) in [5.74, 6) is -1.75. The molecule has 220 valence electrons. The highest BCUT2D eigenvalue weighted by atomic mass is 32.2. The Morgan fingerprint density at radius 2 is 1.57 bits per heavy atom. The van der Waals surface area contributed by atoms with Crippen molar-refractivity contribution in [3.63, 3.8) is 0 Å². The van der Waals surface area contributed by atoms with Crippen LogP contribution in [-0.4, -0.2) is 33.8 Å². The highest BCUT2D eigenvalue weighted by Gasteiger charge is 2.40. The molecule has 0 saturated carbocycles. The quantitative estimate of drug-likeness (QED) is 0.107. The van der Waals surface area contributed by atoms with Crippen LogP contribution < -0.4 is 15.5 Å². The van der Waals surface area contributed by atoms with Gasteiger partial charge in [-0.15, -0.1) is 11.8 Å². The molecule has 1 aliphatic rings. The molecule has 5 rings (SSSR count). The molecule has 10 nitrogen and oxygen atoms in total. The number of carbonyl (C=O) groups excluding carboxylic acids is 4. The van der Waals surface area contributed by atoms with Crippen LogP contribution in [0.4, 0.5) is 17.1 Å². The van der Waals surface area contributed by atoms with Crippen molar-refractivity contribution < 1.29 is 24.1 Å². The van der Waals surface area contributed by atoms with Gasteiger partial charge in [-0.05, 0) is 67.1 Å². The van der Waals surface area contributed by atoms with Gasteiger partial charge in [0.2, 0.25) is 11.8 Å². The van der Waals surface area contributed by atoms with Crippen molar-refractivity contribution in [3.05, 3.63) is 136 Å². The monoisotopic (exact) mass is 606 g/mol. The first-order valence-corrected chi connectivity index (χ1v) is 14.4. The number of amides is 4. The summed E-state index contributed by atoms with van der Waals surface area (Å²) in [6.07, 6.45) is 1.58. The van der Waals surface area contributed by atoms with Gasteiger partial charge in [0.1, 0.15) is 5.70 Å². The molecule has 0 spiro atoms. The van der Waals surface area contributed by atoms with Crippen molar-refractivity contribution in [1.82, 2.24) is 5.32 Å². The van der Waals surface area contributed by atoms with Crippen LogP contribution in [0.25, 0.3) is 6.08 Å². The van der Waals surface area contributed by atoms with Crippen LogP contribution in [0.1, 0.15) is 27.9 Å². The summed E-state index contributed by atoms with van der Waals surface area (Å²) in [4.78, 5) is 63.9. The fourth-order valence-electron chi connectivity index (χ4n) is 4.44. The van der Waals surface area contributed by atoms with Crippen LogP contribution in [0.3, 0.4) is 0 Å². The standard InChI is InChI=1S/C33H26N4O6S/c1-21-7-9-22(10-8-21)19-28(35-31(39)23-5-3-2-4-6-23)32(40)34-24-11-17-27(18-12-24)44-29-20-30(38)36(33(29)41)25-13-15-26(16-14-25)37(42)43/h2-19,29H,20H2,1H3,(H,34,40)(H,35,39)/b28-19-. The van der Waals surface area contributed by atoms with E-state index in [-0.39, 0.29) is 23.5 Å². The molecule has 0 radical (unpaired) electrons. The largest absolute Gasteiger partial charge is 0.321 e. The highest BCUT2D eigenvalue weighted by molar-refractivity contribution is 8.00. The predicted octanol–water partition coefficient (Wildman–Crippen LogP) is 5.74. The Labute approximate surface area is 256 Å². The molecule has 4 aromatic rings. The average Bonchev–Trinajstić information content (AvgIpc) is 3.30. The van der Waals surface area contributed by atoms with Crippen LogP contribution in [0.15, 0.2) is 114 Å². The SMILES string of the molecule is Cc1ccc(/C=C(\NC(=O)c2ccccc2)C(=O)Nc2ccc(SC3CC(=O)N(c4ccc([N+](=O)[O-])cc4)C3=O)cc2)cc1. The number of nitrogens with one attached hydrogen (secondary N) is 2. The molecule has 1 atom stereocenters. The summed E-state index contributed by atoms with van der Waals surface area (Å²) in [7, 11) is 0. The first-order valence-electron chi connectivity index (χ1n) is 13.5. The smallest absolute Gasteiger partial charge is 0.272 e. The zero-order valence-electron chi connectivity index (χ0n) is 23.4. The van der Waals surface area contributed by atoms with E-state index in [0.717, 1.165) is 16.0 Å². The number of nitrogens with zero attached hydrogens (tertiary/aromatic N) is 2. The van der Waals surface area contributed by atoms with Gasteiger partial charge >= 0.3 is 0 Å². The molecule has 1 saturated heterocycles. The zero-order chi connectivity index (χ0) is 31.2. The number of aryl methyl sites for hydroxylation is 1. The van der Waals surface area contributed by atoms with Gasteiger partial charge in [-0.2, -0.15) is 0 Å². The molecule has 0 bridgehead atoms. The highest BCUT2D eigenvalue weighted by Crippen LogP contribution is 2.35. The first-order chi connectivity index (χ1) is 21.2. The molecule has 1 unspecified atom stereocenters. The van der Waals surface area contributed by atoms with E-state index in [2.05, 4.69) is 10.6 Å². The first kappa shape index (κ1) is 29.9. The van der Waals surface area contributed by atoms with Gasteiger partial charge in [0.15, 0.2) is 0 Å². The van der Waals surface area contributed by atoms with E-state index in [9.17, 15) is 29.3 Å². The number of nitro groups is 1. The molecule has 4 amide bonds. The third-order valence-electron chi connectivity index (χ3n) is 6.73. The molecule has 0 aromatic heterocycles. The number of benzene rings is 4. The molecule has 1 aliphatic heterocycles. The molecule has 11 heteroatoms. The molecular weight excluding hydrogens is 580 g/mol. The molecule has 1 heterocycles. The number of carbonyl (C=O) groups is 4. The molecular formula is C33H26N4O6S. The molecule has 44 heavy (non-hydrogen) atoms. The van der Waals surface area contributed by atoms with Gasteiger partial charge in [-0.25, -0.2) is 4.90 Å². The van der Waals surface area contributed by atoms with Crippen LogP contribution in [0, 0.1) is 17.0 Å². The Hall–Kier alpha value is -5.55. The molecule has 1 fully saturated rings. The maximum Gasteiger partial charge on any atom is 0.272 e. The van der Waals surface area contributed by atoms with Gasteiger partial charge < -0.3 is 10.6 Å². The van der Waals surface area contributed by atoms with E-state index in [4.69, 9.17) is 0 Å². The van der Waals surface area contributed by atoms with Crippen LogP contribution in [0.2, 0.25) is 0 Å². The van der Waals surface area contributed by atoms with Crippen LogP contribution in [0.5, 0.6) is 0 Å². The van der Waals surface area contributed by atoms with E-state index in [0.29, 0.717) is 16.1 Å². The number of rotatable bonds is 9. The van der Waals surface area contributed by atoms with Crippen molar-refractivity contribution in [1.29, 1.82) is 0 Å². The van der Waals surface area contributed by atoms with E-state index < -0.39 is 33.8 Å². The maximum atomic E-state index is 13.3. The third-order valence-corrected chi connectivity index (χ3v) is 7.93. The minimum absolute atomic E-state index is 0.0206. The average molecular weight is 607 g/mol. The summed E-state index contributed by atoms with van der Waals surface area (Å²) < 4.78 is 0. The predicted molar refractivity (Wildman–Crippen MR) is 168 cm³/mol. The maximum absolute atomic E-state index is 13.3. The number of anilines is 2. The fraction of sp³-hybridized carbons (Fsp3) is 0.0909. The number of non-ortho nitro benzene ring substituents is 1. The van der Waals surface area contributed by atoms with Gasteiger partial charge in [-0.1, -0.05) is 48.0 Å². The van der Waals surface area contributed by atoms with Gasteiger partial charge in [0.05, 0.1) is 15.9 Å². The Bertz CT molecular complexity index is 1760. The van der Waals surface area contributed by atoms with Crippen molar-refractivity contribution in [2.45, 2.75) is 23.5 Å². The van der Waals surface area contributed by atoms with E-state index in [1.54, 1.807) is 60.7 Å².